The van der Waals surface area contributed by atoms with Crippen molar-refractivity contribution in [1.82, 2.24) is 15.5 Å². The smallest absolute Gasteiger partial charge is 0.263 e. The highest BCUT2D eigenvalue weighted by atomic mass is 32.1. The van der Waals surface area contributed by atoms with Gasteiger partial charge in [-0.25, -0.2) is 4.39 Å². The summed E-state index contributed by atoms with van der Waals surface area (Å²) in [5, 5.41) is 11.8. The van der Waals surface area contributed by atoms with Crippen LogP contribution >= 0.6 is 11.3 Å². The van der Waals surface area contributed by atoms with Crippen molar-refractivity contribution >= 4 is 33.1 Å². The topological polar surface area (TPSA) is 90.1 Å². The van der Waals surface area contributed by atoms with Crippen LogP contribution in [0.5, 0.6) is 5.75 Å². The van der Waals surface area contributed by atoms with Gasteiger partial charge in [0.2, 0.25) is 6.86 Å². The molecule has 3 aromatic rings. The summed E-state index contributed by atoms with van der Waals surface area (Å²) in [5.74, 6) is 0.178. The molecule has 0 fully saturated rings. The van der Waals surface area contributed by atoms with Crippen molar-refractivity contribution in [1.29, 1.82) is 0 Å². The van der Waals surface area contributed by atoms with Gasteiger partial charge in [-0.3, -0.25) is 4.79 Å². The van der Waals surface area contributed by atoms with E-state index in [2.05, 4.69) is 15.5 Å². The summed E-state index contributed by atoms with van der Waals surface area (Å²) in [6, 6.07) is 6.82. The third kappa shape index (κ3) is 3.39. The number of hydrogen-bond donors (Lipinski definition) is 2. The van der Waals surface area contributed by atoms with E-state index in [4.69, 9.17) is 10.5 Å². The fraction of sp³-hybridized carbons (Fsp3) is 0.235. The lowest BCUT2D eigenvalue weighted by Crippen LogP contribution is -2.22. The quantitative estimate of drug-likeness (QED) is 0.729. The zero-order chi connectivity index (χ0) is 18.0. The van der Waals surface area contributed by atoms with Gasteiger partial charge in [-0.05, 0) is 37.1 Å². The van der Waals surface area contributed by atoms with E-state index in [1.807, 2.05) is 13.8 Å². The van der Waals surface area contributed by atoms with Crippen molar-refractivity contribution in [2.45, 2.75) is 20.4 Å². The zero-order valence-corrected chi connectivity index (χ0v) is 14.6. The molecule has 3 rings (SSSR count). The summed E-state index contributed by atoms with van der Waals surface area (Å²) in [5.41, 5.74) is 9.18. The molecule has 0 aliphatic rings. The molecule has 0 atom stereocenters. The summed E-state index contributed by atoms with van der Waals surface area (Å²) in [4.78, 5) is 13.5. The van der Waals surface area contributed by atoms with Gasteiger partial charge in [0, 0.05) is 11.9 Å². The van der Waals surface area contributed by atoms with E-state index in [9.17, 15) is 9.18 Å². The number of alkyl halides is 1. The average molecular weight is 360 g/mol. The van der Waals surface area contributed by atoms with E-state index in [1.54, 1.807) is 24.3 Å². The Balaban J connectivity index is 1.76. The summed E-state index contributed by atoms with van der Waals surface area (Å²) in [6.07, 6.45) is 0. The maximum atomic E-state index is 12.5. The molecule has 0 aliphatic heterocycles. The molecule has 2 aromatic heterocycles. The van der Waals surface area contributed by atoms with Crippen molar-refractivity contribution in [2.75, 3.05) is 12.6 Å². The molecule has 0 saturated carbocycles. The number of halogens is 1. The normalized spacial score (nSPS) is 10.8. The van der Waals surface area contributed by atoms with Crippen LogP contribution in [0.25, 0.3) is 10.2 Å². The third-order valence-corrected chi connectivity index (χ3v) is 5.03. The van der Waals surface area contributed by atoms with Crippen molar-refractivity contribution in [3.63, 3.8) is 0 Å². The van der Waals surface area contributed by atoms with Gasteiger partial charge in [0.15, 0.2) is 0 Å². The fourth-order valence-corrected chi connectivity index (χ4v) is 3.46. The number of nitrogens with one attached hydrogen (secondary N) is 1. The lowest BCUT2D eigenvalue weighted by Gasteiger charge is -2.06. The molecule has 130 valence electrons. The number of nitrogens with zero attached hydrogens (tertiary/aromatic N) is 2. The van der Waals surface area contributed by atoms with Gasteiger partial charge in [0.05, 0.1) is 11.4 Å². The summed E-state index contributed by atoms with van der Waals surface area (Å²) in [6.45, 7) is 3.22. The molecule has 0 bridgehead atoms. The first-order valence-corrected chi connectivity index (χ1v) is 8.40. The number of aryl methyl sites for hydroxylation is 2. The minimum absolute atomic E-state index is 0.262. The number of ether oxygens (including phenoxy) is 1. The molecule has 1 aromatic carbocycles. The lowest BCUT2D eigenvalue weighted by atomic mass is 10.1. The standard InChI is InChI=1S/C17H17FN4O2S/c1-9-10(2)21-22-17-13(9)14(19)15(25-17)16(23)20-7-11-3-5-12(6-4-11)24-8-18/h3-6H,7-8,19H2,1-2H3,(H,20,23). The van der Waals surface area contributed by atoms with Crippen LogP contribution in [-0.4, -0.2) is 23.0 Å². The van der Waals surface area contributed by atoms with Crippen molar-refractivity contribution < 1.29 is 13.9 Å². The second kappa shape index (κ2) is 7.02. The first-order chi connectivity index (χ1) is 12.0. The van der Waals surface area contributed by atoms with E-state index in [-0.39, 0.29) is 5.91 Å². The number of benzene rings is 1. The van der Waals surface area contributed by atoms with E-state index in [0.717, 1.165) is 22.2 Å². The summed E-state index contributed by atoms with van der Waals surface area (Å²) < 4.78 is 16.8. The van der Waals surface area contributed by atoms with E-state index >= 15 is 0 Å². The number of nitrogen functional groups attached to an aromatic ring is 1. The maximum absolute atomic E-state index is 12.5. The van der Waals surface area contributed by atoms with Gasteiger partial charge < -0.3 is 15.8 Å². The number of rotatable bonds is 5. The van der Waals surface area contributed by atoms with Crippen LogP contribution in [0.15, 0.2) is 24.3 Å². The van der Waals surface area contributed by atoms with Gasteiger partial charge in [-0.2, -0.15) is 5.10 Å². The largest absolute Gasteiger partial charge is 0.463 e. The van der Waals surface area contributed by atoms with E-state index < -0.39 is 6.86 Å². The van der Waals surface area contributed by atoms with E-state index in [0.29, 0.717) is 27.7 Å². The van der Waals surface area contributed by atoms with E-state index in [1.165, 1.54) is 11.3 Å². The second-order valence-corrected chi connectivity index (χ2v) is 6.51. The van der Waals surface area contributed by atoms with Crippen LogP contribution in [0.3, 0.4) is 0 Å². The number of aromatic nitrogens is 2. The average Bonchev–Trinajstić information content (AvgIpc) is 2.95. The number of nitrogens with two attached hydrogens (primary N) is 1. The Hall–Kier alpha value is -2.74. The monoisotopic (exact) mass is 360 g/mol. The molecule has 3 N–H and O–H groups in total. The minimum Gasteiger partial charge on any atom is -0.463 e. The number of carbonyl (C=O) groups excluding carboxylic acids is 1. The van der Waals surface area contributed by atoms with Gasteiger partial charge in [-0.1, -0.05) is 12.1 Å². The van der Waals surface area contributed by atoms with Crippen molar-refractivity contribution in [3.8, 4) is 5.75 Å². The number of carbonyl (C=O) groups is 1. The van der Waals surface area contributed by atoms with Crippen LogP contribution in [0.1, 0.15) is 26.5 Å². The third-order valence-electron chi connectivity index (χ3n) is 3.94. The molecule has 25 heavy (non-hydrogen) atoms. The van der Waals surface area contributed by atoms with Crippen LogP contribution in [0.4, 0.5) is 10.1 Å². The Morgan fingerprint density at radius 1 is 1.28 bits per heavy atom. The van der Waals surface area contributed by atoms with Crippen molar-refractivity contribution in [2.24, 2.45) is 0 Å². The SMILES string of the molecule is Cc1nnc2sc(C(=O)NCc3ccc(OCF)cc3)c(N)c2c1C. The van der Waals surface area contributed by atoms with Crippen LogP contribution in [0, 0.1) is 13.8 Å². The summed E-state index contributed by atoms with van der Waals surface area (Å²) >= 11 is 1.23. The molecule has 0 aliphatic carbocycles. The number of amides is 1. The molecule has 8 heteroatoms. The Labute approximate surface area is 147 Å². The Morgan fingerprint density at radius 2 is 2.00 bits per heavy atom. The highest BCUT2D eigenvalue weighted by Gasteiger charge is 2.19. The molecule has 6 nitrogen and oxygen atoms in total. The van der Waals surface area contributed by atoms with Gasteiger partial charge in [0.1, 0.15) is 15.5 Å². The van der Waals surface area contributed by atoms with Gasteiger partial charge in [0.25, 0.3) is 5.91 Å². The Kier molecular flexibility index (Phi) is 4.80. The summed E-state index contributed by atoms with van der Waals surface area (Å²) in [7, 11) is 0. The molecular weight excluding hydrogens is 343 g/mol. The van der Waals surface area contributed by atoms with Gasteiger partial charge in [-0.15, -0.1) is 16.4 Å². The Morgan fingerprint density at radius 3 is 2.68 bits per heavy atom. The first kappa shape index (κ1) is 17.1. The predicted molar refractivity (Wildman–Crippen MR) is 95.5 cm³/mol. The second-order valence-electron chi connectivity index (χ2n) is 5.52. The first-order valence-electron chi connectivity index (χ1n) is 7.59. The predicted octanol–water partition coefficient (Wildman–Crippen LogP) is 3.13. The lowest BCUT2D eigenvalue weighted by molar-refractivity contribution is 0.0956. The molecule has 0 unspecified atom stereocenters. The number of anilines is 1. The Bertz CT molecular complexity index is 925. The molecular formula is C17H17FN4O2S. The molecule has 0 saturated heterocycles. The molecule has 1 amide bonds. The van der Waals surface area contributed by atoms with Crippen LogP contribution in [0.2, 0.25) is 0 Å². The number of fused-ring (bicyclic) bond motifs is 1. The molecule has 2 heterocycles. The zero-order valence-electron chi connectivity index (χ0n) is 13.8. The highest BCUT2D eigenvalue weighted by molar-refractivity contribution is 7.21. The fourth-order valence-electron chi connectivity index (χ4n) is 2.44. The number of thiophene rings is 1. The molecule has 0 spiro atoms. The van der Waals surface area contributed by atoms with Crippen LogP contribution in [-0.2, 0) is 6.54 Å². The maximum Gasteiger partial charge on any atom is 0.263 e. The minimum atomic E-state index is -0.872. The van der Waals surface area contributed by atoms with Gasteiger partial charge >= 0.3 is 0 Å². The number of hydrogen-bond acceptors (Lipinski definition) is 6. The molecule has 0 radical (unpaired) electrons. The van der Waals surface area contributed by atoms with Crippen LogP contribution < -0.4 is 15.8 Å². The van der Waals surface area contributed by atoms with Crippen molar-refractivity contribution in [3.05, 3.63) is 46.0 Å². The highest BCUT2D eigenvalue weighted by Crippen LogP contribution is 2.34.